The molecule has 0 spiro atoms. The van der Waals surface area contributed by atoms with Crippen molar-refractivity contribution < 1.29 is 17.7 Å². The van der Waals surface area contributed by atoms with Crippen LogP contribution in [0.25, 0.3) is 0 Å². The first-order chi connectivity index (χ1) is 7.45. The van der Waals surface area contributed by atoms with Crippen molar-refractivity contribution in [1.29, 1.82) is 0 Å². The van der Waals surface area contributed by atoms with E-state index in [1.54, 1.807) is 6.92 Å². The minimum absolute atomic E-state index is 0.154. The average molecular weight is 233 g/mol. The zero-order chi connectivity index (χ0) is 11.9. The highest BCUT2D eigenvalue weighted by Crippen LogP contribution is 2.47. The number of halogens is 3. The molecule has 0 radical (unpaired) electrons. The largest absolute Gasteiger partial charge is 0.452 e. The molecule has 0 saturated heterocycles. The van der Waals surface area contributed by atoms with Crippen LogP contribution in [-0.4, -0.2) is 5.16 Å². The highest BCUT2D eigenvalue weighted by Gasteiger charge is 2.43. The van der Waals surface area contributed by atoms with Crippen LogP contribution in [0.3, 0.4) is 0 Å². The maximum absolute atomic E-state index is 12.7. The Morgan fingerprint density at radius 1 is 1.44 bits per heavy atom. The summed E-state index contributed by atoms with van der Waals surface area (Å²) in [4.78, 5) is 0. The van der Waals surface area contributed by atoms with Crippen LogP contribution >= 0.6 is 0 Å². The molecule has 1 fully saturated rings. The van der Waals surface area contributed by atoms with Crippen molar-refractivity contribution in [2.45, 2.75) is 51.1 Å². The lowest BCUT2D eigenvalue weighted by molar-refractivity contribution is -0.156. The summed E-state index contributed by atoms with van der Waals surface area (Å²) in [5, 5.41) is 3.62. The van der Waals surface area contributed by atoms with Gasteiger partial charge in [0.2, 0.25) is 5.76 Å². The molecule has 1 heterocycles. The van der Waals surface area contributed by atoms with Gasteiger partial charge in [-0.05, 0) is 25.2 Å². The minimum Gasteiger partial charge on any atom is -0.351 e. The number of hydrogen-bond acceptors (Lipinski definition) is 2. The van der Waals surface area contributed by atoms with Gasteiger partial charge in [0.25, 0.3) is 0 Å². The van der Waals surface area contributed by atoms with E-state index in [4.69, 9.17) is 0 Å². The van der Waals surface area contributed by atoms with Crippen molar-refractivity contribution in [3.63, 3.8) is 0 Å². The average Bonchev–Trinajstić information content (AvgIpc) is 2.94. The molecule has 0 N–H and O–H groups in total. The lowest BCUT2D eigenvalue weighted by atomic mass is 9.94. The number of nitrogens with zero attached hydrogens (tertiary/aromatic N) is 1. The molecule has 0 aromatic carbocycles. The van der Waals surface area contributed by atoms with Gasteiger partial charge in [-0.3, -0.25) is 0 Å². The third kappa shape index (κ3) is 1.95. The van der Waals surface area contributed by atoms with Gasteiger partial charge in [0.1, 0.15) is 0 Å². The van der Waals surface area contributed by atoms with E-state index in [1.165, 1.54) is 0 Å². The van der Waals surface area contributed by atoms with Gasteiger partial charge >= 0.3 is 6.18 Å². The maximum atomic E-state index is 12.7. The molecule has 5 heteroatoms. The van der Waals surface area contributed by atoms with Crippen LogP contribution < -0.4 is 0 Å². The fraction of sp³-hybridized carbons (Fsp3) is 0.727. The van der Waals surface area contributed by atoms with E-state index < -0.39 is 11.9 Å². The summed E-state index contributed by atoms with van der Waals surface area (Å²) in [7, 11) is 0. The molecule has 16 heavy (non-hydrogen) atoms. The summed E-state index contributed by atoms with van der Waals surface area (Å²) in [6.45, 7) is 3.65. The first-order valence-corrected chi connectivity index (χ1v) is 5.51. The van der Waals surface area contributed by atoms with Gasteiger partial charge in [-0.15, -0.1) is 0 Å². The van der Waals surface area contributed by atoms with Crippen molar-refractivity contribution >= 4 is 0 Å². The number of alkyl halides is 3. The van der Waals surface area contributed by atoms with Gasteiger partial charge in [0, 0.05) is 11.5 Å². The molecule has 90 valence electrons. The topological polar surface area (TPSA) is 26.0 Å². The Morgan fingerprint density at radius 3 is 2.50 bits per heavy atom. The Morgan fingerprint density at radius 2 is 2.06 bits per heavy atom. The second-order valence-electron chi connectivity index (χ2n) is 4.39. The fourth-order valence-electron chi connectivity index (χ4n) is 1.85. The molecule has 1 atom stereocenters. The Kier molecular flexibility index (Phi) is 2.72. The second kappa shape index (κ2) is 3.79. The first kappa shape index (κ1) is 11.5. The van der Waals surface area contributed by atoms with E-state index in [-0.39, 0.29) is 17.4 Å². The van der Waals surface area contributed by atoms with E-state index in [0.717, 1.165) is 12.8 Å². The van der Waals surface area contributed by atoms with Crippen molar-refractivity contribution in [2.75, 3.05) is 0 Å². The molecule has 0 bridgehead atoms. The highest BCUT2D eigenvalue weighted by molar-refractivity contribution is 5.33. The van der Waals surface area contributed by atoms with Crippen molar-refractivity contribution in [3.05, 3.63) is 17.0 Å². The molecule has 2 nitrogen and oxygen atoms in total. The first-order valence-electron chi connectivity index (χ1n) is 5.51. The molecule has 1 aliphatic carbocycles. The van der Waals surface area contributed by atoms with Gasteiger partial charge < -0.3 is 4.52 Å². The molecule has 1 aromatic heterocycles. The van der Waals surface area contributed by atoms with Gasteiger partial charge in [0.05, 0.1) is 5.69 Å². The van der Waals surface area contributed by atoms with Gasteiger partial charge in [-0.2, -0.15) is 13.2 Å². The number of rotatable bonds is 3. The van der Waals surface area contributed by atoms with Crippen LogP contribution in [0.15, 0.2) is 4.52 Å². The number of hydrogen-bond donors (Lipinski definition) is 0. The lowest BCUT2D eigenvalue weighted by Crippen LogP contribution is -2.09. The normalized spacial score (nSPS) is 18.8. The lowest BCUT2D eigenvalue weighted by Gasteiger charge is -2.11. The van der Waals surface area contributed by atoms with E-state index in [9.17, 15) is 13.2 Å². The van der Waals surface area contributed by atoms with Crippen molar-refractivity contribution in [1.82, 2.24) is 5.16 Å². The molecule has 1 aliphatic rings. The molecule has 1 aromatic rings. The Labute approximate surface area is 91.8 Å². The molecular formula is C11H14F3NO. The summed E-state index contributed by atoms with van der Waals surface area (Å²) in [5.74, 6) is -0.869. The molecule has 0 amide bonds. The Bertz CT molecular complexity index is 379. The van der Waals surface area contributed by atoms with Gasteiger partial charge in [-0.1, -0.05) is 19.0 Å². The van der Waals surface area contributed by atoms with Crippen LogP contribution in [0.1, 0.15) is 62.0 Å². The summed E-state index contributed by atoms with van der Waals surface area (Å²) in [6.07, 6.45) is -1.93. The highest BCUT2D eigenvalue weighted by atomic mass is 19.4. The van der Waals surface area contributed by atoms with Gasteiger partial charge in [0.15, 0.2) is 0 Å². The quantitative estimate of drug-likeness (QED) is 0.786. The molecule has 2 rings (SSSR count). The van der Waals surface area contributed by atoms with Crippen molar-refractivity contribution in [2.24, 2.45) is 0 Å². The summed E-state index contributed by atoms with van der Waals surface area (Å²) in [5.41, 5.74) is 0.805. The van der Waals surface area contributed by atoms with E-state index in [0.29, 0.717) is 12.1 Å². The van der Waals surface area contributed by atoms with Crippen LogP contribution in [0, 0.1) is 0 Å². The monoisotopic (exact) mass is 233 g/mol. The van der Waals surface area contributed by atoms with Crippen LogP contribution in [-0.2, 0) is 6.18 Å². The smallest absolute Gasteiger partial charge is 0.351 e. The third-order valence-electron chi connectivity index (χ3n) is 3.08. The zero-order valence-electron chi connectivity index (χ0n) is 9.27. The summed E-state index contributed by atoms with van der Waals surface area (Å²) < 4.78 is 42.6. The fourth-order valence-corrected chi connectivity index (χ4v) is 1.85. The SMILES string of the molecule is CCC(C)c1c(C2CC2)noc1C(F)(F)F. The molecule has 1 unspecified atom stereocenters. The maximum Gasteiger partial charge on any atom is 0.452 e. The summed E-state index contributed by atoms with van der Waals surface area (Å²) >= 11 is 0. The Balaban J connectivity index is 2.45. The van der Waals surface area contributed by atoms with Crippen molar-refractivity contribution in [3.8, 4) is 0 Å². The predicted octanol–water partition coefficient (Wildman–Crippen LogP) is 4.08. The summed E-state index contributed by atoms with van der Waals surface area (Å²) in [6, 6.07) is 0. The molecule has 1 saturated carbocycles. The van der Waals surface area contributed by atoms with Crippen LogP contribution in [0.4, 0.5) is 13.2 Å². The van der Waals surface area contributed by atoms with Crippen LogP contribution in [0.2, 0.25) is 0 Å². The van der Waals surface area contributed by atoms with E-state index in [2.05, 4.69) is 9.68 Å². The van der Waals surface area contributed by atoms with Crippen LogP contribution in [0.5, 0.6) is 0 Å². The van der Waals surface area contributed by atoms with E-state index >= 15 is 0 Å². The third-order valence-corrected chi connectivity index (χ3v) is 3.08. The minimum atomic E-state index is -4.43. The second-order valence-corrected chi connectivity index (χ2v) is 4.39. The standard InChI is InChI=1S/C11H14F3NO/c1-3-6(2)8-9(7-4-5-7)15-16-10(8)11(12,13)14/h6-7H,3-5H2,1-2H3. The van der Waals surface area contributed by atoms with Gasteiger partial charge in [-0.25, -0.2) is 0 Å². The Hall–Kier alpha value is -1.00. The predicted molar refractivity (Wildman–Crippen MR) is 52.2 cm³/mol. The molecular weight excluding hydrogens is 219 g/mol. The number of aromatic nitrogens is 1. The molecule has 0 aliphatic heterocycles. The van der Waals surface area contributed by atoms with E-state index in [1.807, 2.05) is 6.92 Å². The zero-order valence-corrected chi connectivity index (χ0v) is 9.27.